The highest BCUT2D eigenvalue weighted by Gasteiger charge is 2.44. The molecule has 4 amide bonds. The van der Waals surface area contributed by atoms with Gasteiger partial charge in [-0.2, -0.15) is 26.3 Å². The lowest BCUT2D eigenvalue weighted by Crippen LogP contribution is -2.48. The molecular formula is C29H30F8N4O3. The minimum Gasteiger partial charge on any atom is -0.343 e. The summed E-state index contributed by atoms with van der Waals surface area (Å²) in [5, 5.41) is 0. The Morgan fingerprint density at radius 2 is 1.39 bits per heavy atom. The van der Waals surface area contributed by atoms with Crippen molar-refractivity contribution >= 4 is 23.5 Å². The molecule has 2 aromatic rings. The summed E-state index contributed by atoms with van der Waals surface area (Å²) < 4.78 is 109. The SMILES string of the molecule is CC(=O)N1CCC(C(=O)N2C[C@@H](N(C)C(=O)N(C)c3cc(C(F)(F)F)cc(C(F)(F)F)c3)[C@H](c3ccc(F)cc3F)C2)CC1. The maximum Gasteiger partial charge on any atom is 0.416 e. The third kappa shape index (κ3) is 6.91. The summed E-state index contributed by atoms with van der Waals surface area (Å²) in [6.07, 6.45) is -9.51. The Hall–Kier alpha value is -3.91. The Balaban J connectivity index is 1.64. The monoisotopic (exact) mass is 634 g/mol. The lowest BCUT2D eigenvalue weighted by atomic mass is 9.93. The topological polar surface area (TPSA) is 64.2 Å². The number of nitrogens with zero attached hydrogens (tertiary/aromatic N) is 4. The minimum absolute atomic E-state index is 0.0150. The van der Waals surface area contributed by atoms with Crippen LogP contribution in [0.5, 0.6) is 0 Å². The van der Waals surface area contributed by atoms with Gasteiger partial charge in [0.1, 0.15) is 11.6 Å². The van der Waals surface area contributed by atoms with Crippen LogP contribution in [0.15, 0.2) is 36.4 Å². The van der Waals surface area contributed by atoms with Crippen molar-refractivity contribution in [3.8, 4) is 0 Å². The maximum absolute atomic E-state index is 15.0. The van der Waals surface area contributed by atoms with Crippen molar-refractivity contribution in [2.45, 2.75) is 44.1 Å². The van der Waals surface area contributed by atoms with Crippen LogP contribution in [0, 0.1) is 17.6 Å². The minimum atomic E-state index is -5.14. The van der Waals surface area contributed by atoms with Crippen LogP contribution >= 0.6 is 0 Å². The van der Waals surface area contributed by atoms with E-state index in [0.29, 0.717) is 49.0 Å². The molecule has 2 aliphatic heterocycles. The first kappa shape index (κ1) is 33.0. The van der Waals surface area contributed by atoms with Crippen molar-refractivity contribution in [1.29, 1.82) is 0 Å². The molecule has 0 radical (unpaired) electrons. The number of alkyl halides is 6. The average Bonchev–Trinajstić information content (AvgIpc) is 3.39. The molecule has 0 saturated carbocycles. The first-order valence-electron chi connectivity index (χ1n) is 13.7. The highest BCUT2D eigenvalue weighted by Crippen LogP contribution is 2.39. The lowest BCUT2D eigenvalue weighted by Gasteiger charge is -2.34. The van der Waals surface area contributed by atoms with E-state index in [4.69, 9.17) is 0 Å². The van der Waals surface area contributed by atoms with Gasteiger partial charge in [0, 0.05) is 70.8 Å². The van der Waals surface area contributed by atoms with Crippen LogP contribution < -0.4 is 4.90 Å². The Labute approximate surface area is 248 Å². The van der Waals surface area contributed by atoms with Crippen LogP contribution in [0.4, 0.5) is 45.6 Å². The fourth-order valence-corrected chi connectivity index (χ4v) is 5.79. The van der Waals surface area contributed by atoms with Crippen LogP contribution in [0.3, 0.4) is 0 Å². The van der Waals surface area contributed by atoms with Gasteiger partial charge in [-0.1, -0.05) is 6.07 Å². The molecule has 2 aromatic carbocycles. The zero-order chi connectivity index (χ0) is 32.7. The quantitative estimate of drug-likeness (QED) is 0.403. The molecule has 0 spiro atoms. The van der Waals surface area contributed by atoms with Gasteiger partial charge in [-0.15, -0.1) is 0 Å². The zero-order valence-corrected chi connectivity index (χ0v) is 24.0. The number of anilines is 1. The van der Waals surface area contributed by atoms with Crippen molar-refractivity contribution < 1.29 is 49.5 Å². The van der Waals surface area contributed by atoms with Crippen LogP contribution in [-0.2, 0) is 21.9 Å². The van der Waals surface area contributed by atoms with Crippen molar-refractivity contribution in [1.82, 2.24) is 14.7 Å². The number of hydrogen-bond donors (Lipinski definition) is 0. The second-order valence-corrected chi connectivity index (χ2v) is 11.1. The van der Waals surface area contributed by atoms with Gasteiger partial charge in [-0.05, 0) is 42.7 Å². The number of amides is 4. The Bertz CT molecular complexity index is 1390. The molecule has 44 heavy (non-hydrogen) atoms. The number of benzene rings is 2. The number of hydrogen-bond acceptors (Lipinski definition) is 3. The molecule has 15 heteroatoms. The van der Waals surface area contributed by atoms with Gasteiger partial charge in [-0.3, -0.25) is 14.5 Å². The third-order valence-corrected chi connectivity index (χ3v) is 8.30. The number of carbonyl (C=O) groups excluding carboxylic acids is 3. The number of rotatable bonds is 4. The summed E-state index contributed by atoms with van der Waals surface area (Å²) in [7, 11) is 2.25. The third-order valence-electron chi connectivity index (χ3n) is 8.30. The molecular weight excluding hydrogens is 604 g/mol. The van der Waals surface area contributed by atoms with Crippen LogP contribution in [0.25, 0.3) is 0 Å². The van der Waals surface area contributed by atoms with E-state index in [1.54, 1.807) is 4.90 Å². The van der Waals surface area contributed by atoms with Gasteiger partial charge in [0.05, 0.1) is 17.2 Å². The van der Waals surface area contributed by atoms with Gasteiger partial charge in [0.2, 0.25) is 11.8 Å². The van der Waals surface area contributed by atoms with Gasteiger partial charge in [0.25, 0.3) is 0 Å². The first-order valence-corrected chi connectivity index (χ1v) is 13.7. The fourth-order valence-electron chi connectivity index (χ4n) is 5.79. The van der Waals surface area contributed by atoms with Gasteiger partial charge in [-0.25, -0.2) is 13.6 Å². The lowest BCUT2D eigenvalue weighted by molar-refractivity contribution is -0.143. The molecule has 240 valence electrons. The Morgan fingerprint density at radius 3 is 1.89 bits per heavy atom. The van der Waals surface area contributed by atoms with E-state index in [-0.39, 0.29) is 36.5 Å². The van der Waals surface area contributed by atoms with Crippen molar-refractivity contribution in [2.24, 2.45) is 5.92 Å². The number of carbonyl (C=O) groups is 3. The smallest absolute Gasteiger partial charge is 0.343 e. The standard InChI is InChI=1S/C29H30F8N4O3/c1-16(42)40-8-6-17(7-9-40)26(43)41-14-23(22-5-4-20(30)13-24(22)31)25(15-41)39(3)27(44)38(2)21-11-18(28(32,33)34)10-19(12-21)29(35,36)37/h4-5,10-13,17,23,25H,6-9,14-15H2,1-3H3/t23-,25+/m0/s1. The summed E-state index contributed by atoms with van der Waals surface area (Å²) >= 11 is 0. The molecule has 2 aliphatic rings. The first-order chi connectivity index (χ1) is 20.4. The second kappa shape index (κ2) is 12.2. The van der Waals surface area contributed by atoms with Gasteiger partial charge < -0.3 is 14.7 Å². The number of halogens is 8. The molecule has 0 bridgehead atoms. The summed E-state index contributed by atoms with van der Waals surface area (Å²) in [6, 6.07) is 1.60. The zero-order valence-electron chi connectivity index (χ0n) is 24.0. The summed E-state index contributed by atoms with van der Waals surface area (Å²) in [4.78, 5) is 43.4. The Morgan fingerprint density at radius 1 is 0.818 bits per heavy atom. The van der Waals surface area contributed by atoms with E-state index in [2.05, 4.69) is 0 Å². The maximum atomic E-state index is 15.0. The highest BCUT2D eigenvalue weighted by molar-refractivity contribution is 5.92. The molecule has 2 saturated heterocycles. The van der Waals surface area contributed by atoms with E-state index in [1.807, 2.05) is 0 Å². The van der Waals surface area contributed by atoms with Crippen LogP contribution in [-0.4, -0.2) is 78.9 Å². The number of urea groups is 1. The van der Waals surface area contributed by atoms with Gasteiger partial charge in [0.15, 0.2) is 0 Å². The van der Waals surface area contributed by atoms with E-state index in [0.717, 1.165) is 18.0 Å². The largest absolute Gasteiger partial charge is 0.416 e. The van der Waals surface area contributed by atoms with Gasteiger partial charge >= 0.3 is 18.4 Å². The van der Waals surface area contributed by atoms with E-state index in [1.165, 1.54) is 24.9 Å². The molecule has 2 heterocycles. The van der Waals surface area contributed by atoms with Crippen LogP contribution in [0.2, 0.25) is 0 Å². The molecule has 4 rings (SSSR count). The molecule has 0 aliphatic carbocycles. The molecule has 0 N–H and O–H groups in total. The van der Waals surface area contributed by atoms with E-state index in [9.17, 15) is 49.5 Å². The summed E-state index contributed by atoms with van der Waals surface area (Å²) in [5.41, 5.74) is -3.91. The molecule has 0 unspecified atom stereocenters. The van der Waals surface area contributed by atoms with Crippen molar-refractivity contribution in [3.05, 3.63) is 64.7 Å². The molecule has 2 fully saturated rings. The van der Waals surface area contributed by atoms with E-state index >= 15 is 0 Å². The van der Waals surface area contributed by atoms with E-state index < -0.39 is 64.7 Å². The fraction of sp³-hybridized carbons (Fsp3) is 0.483. The predicted molar refractivity (Wildman–Crippen MR) is 142 cm³/mol. The van der Waals surface area contributed by atoms with Crippen molar-refractivity contribution in [2.75, 3.05) is 45.2 Å². The molecule has 7 nitrogen and oxygen atoms in total. The summed E-state index contributed by atoms with van der Waals surface area (Å²) in [6.45, 7) is 1.93. The molecule has 0 aromatic heterocycles. The number of likely N-dealkylation sites (tertiary alicyclic amines) is 2. The molecule has 2 atom stereocenters. The summed E-state index contributed by atoms with van der Waals surface area (Å²) in [5.74, 6) is -3.59. The average molecular weight is 635 g/mol. The Kier molecular flexibility index (Phi) is 9.17. The number of likely N-dealkylation sites (N-methyl/N-ethyl adjacent to an activating group) is 1. The highest BCUT2D eigenvalue weighted by atomic mass is 19.4. The number of piperidine rings is 1. The predicted octanol–water partition coefficient (Wildman–Crippen LogP) is 5.74. The normalized spacial score (nSPS) is 19.7. The van der Waals surface area contributed by atoms with Crippen LogP contribution in [0.1, 0.15) is 42.4 Å². The van der Waals surface area contributed by atoms with Crippen molar-refractivity contribution in [3.63, 3.8) is 0 Å². The second-order valence-electron chi connectivity index (χ2n) is 11.1.